The molecule has 0 bridgehead atoms. The van der Waals surface area contributed by atoms with Gasteiger partial charge in [-0.2, -0.15) is 5.26 Å². The third-order valence-electron chi connectivity index (χ3n) is 3.24. The van der Waals surface area contributed by atoms with Crippen molar-refractivity contribution < 1.29 is 14.7 Å². The van der Waals surface area contributed by atoms with E-state index in [-0.39, 0.29) is 5.57 Å². The zero-order chi connectivity index (χ0) is 16.5. The van der Waals surface area contributed by atoms with Crippen molar-refractivity contribution in [3.8, 4) is 6.07 Å². The van der Waals surface area contributed by atoms with Crippen molar-refractivity contribution in [1.29, 1.82) is 5.26 Å². The second kappa shape index (κ2) is 8.47. The molecule has 1 aromatic rings. The fourth-order valence-electron chi connectivity index (χ4n) is 1.83. The highest BCUT2D eigenvalue weighted by Gasteiger charge is 2.11. The van der Waals surface area contributed by atoms with Crippen molar-refractivity contribution in [1.82, 2.24) is 5.32 Å². The van der Waals surface area contributed by atoms with E-state index < -0.39 is 18.4 Å². The number of amides is 1. The maximum atomic E-state index is 11.7. The average molecular weight is 301 g/mol. The number of carbonyl (C=O) groups excluding carboxylic acids is 1. The molecule has 6 heteroatoms. The molecule has 0 aliphatic rings. The molecular weight excluding hydrogens is 282 g/mol. The lowest BCUT2D eigenvalue weighted by molar-refractivity contribution is -0.137. The maximum absolute atomic E-state index is 11.7. The van der Waals surface area contributed by atoms with Gasteiger partial charge in [0, 0.05) is 11.9 Å². The Morgan fingerprint density at radius 2 is 2.09 bits per heavy atom. The molecule has 0 aromatic heterocycles. The van der Waals surface area contributed by atoms with Gasteiger partial charge in [0.25, 0.3) is 5.91 Å². The molecule has 1 atom stereocenters. The van der Waals surface area contributed by atoms with Gasteiger partial charge in [0.15, 0.2) is 0 Å². The number of nitrogens with zero attached hydrogens (tertiary/aromatic N) is 1. The summed E-state index contributed by atoms with van der Waals surface area (Å²) < 4.78 is 0. The van der Waals surface area contributed by atoms with Crippen LogP contribution in [0.1, 0.15) is 31.7 Å². The molecule has 0 fully saturated rings. The molecule has 0 saturated heterocycles. The first-order valence-corrected chi connectivity index (χ1v) is 6.95. The zero-order valence-corrected chi connectivity index (χ0v) is 12.6. The van der Waals surface area contributed by atoms with Crippen LogP contribution < -0.4 is 10.6 Å². The molecule has 0 radical (unpaired) electrons. The number of aliphatic carboxylic acids is 1. The third-order valence-corrected chi connectivity index (χ3v) is 3.24. The molecule has 0 aliphatic heterocycles. The number of nitrogens with one attached hydrogen (secondary N) is 2. The molecule has 116 valence electrons. The Bertz CT molecular complexity index is 617. The molecule has 0 saturated carbocycles. The minimum atomic E-state index is -1.17. The molecule has 1 rings (SSSR count). The van der Waals surface area contributed by atoms with Crippen LogP contribution in [0.3, 0.4) is 0 Å². The molecule has 1 aromatic carbocycles. The first kappa shape index (κ1) is 17.2. The van der Waals surface area contributed by atoms with Crippen LogP contribution in [-0.2, 0) is 9.59 Å². The highest BCUT2D eigenvalue weighted by molar-refractivity contribution is 5.98. The summed E-state index contributed by atoms with van der Waals surface area (Å²) in [5.41, 5.74) is 1.72. The van der Waals surface area contributed by atoms with Crippen molar-refractivity contribution >= 4 is 17.6 Å². The first-order chi connectivity index (χ1) is 10.5. The van der Waals surface area contributed by atoms with Crippen LogP contribution in [0.2, 0.25) is 0 Å². The summed E-state index contributed by atoms with van der Waals surface area (Å²) in [6, 6.07) is 9.39. The molecular formula is C16H19N3O3. The van der Waals surface area contributed by atoms with Crippen LogP contribution in [0.15, 0.2) is 36.0 Å². The predicted octanol–water partition coefficient (Wildman–Crippen LogP) is 2.22. The van der Waals surface area contributed by atoms with E-state index >= 15 is 0 Å². The quantitative estimate of drug-likeness (QED) is 0.529. The number of nitriles is 1. The van der Waals surface area contributed by atoms with Gasteiger partial charge in [-0.25, -0.2) is 0 Å². The number of para-hydroxylation sites is 1. The molecule has 0 heterocycles. The van der Waals surface area contributed by atoms with E-state index in [0.717, 1.165) is 17.7 Å². The number of hydrogen-bond acceptors (Lipinski definition) is 4. The van der Waals surface area contributed by atoms with Gasteiger partial charge in [-0.05, 0) is 24.0 Å². The van der Waals surface area contributed by atoms with Crippen LogP contribution in [0.25, 0.3) is 0 Å². The van der Waals surface area contributed by atoms with Gasteiger partial charge < -0.3 is 15.7 Å². The fourth-order valence-corrected chi connectivity index (χ4v) is 1.83. The average Bonchev–Trinajstić information content (AvgIpc) is 2.53. The van der Waals surface area contributed by atoms with E-state index in [4.69, 9.17) is 10.4 Å². The maximum Gasteiger partial charge on any atom is 0.322 e. The Morgan fingerprint density at radius 1 is 1.41 bits per heavy atom. The molecule has 3 N–H and O–H groups in total. The van der Waals surface area contributed by atoms with Crippen molar-refractivity contribution in [3.05, 3.63) is 41.6 Å². The summed E-state index contributed by atoms with van der Waals surface area (Å²) in [4.78, 5) is 22.1. The number of anilines is 1. The monoisotopic (exact) mass is 301 g/mol. The van der Waals surface area contributed by atoms with E-state index in [1.807, 2.05) is 24.3 Å². The lowest BCUT2D eigenvalue weighted by Gasteiger charge is -2.14. The minimum Gasteiger partial charge on any atom is -0.480 e. The number of carbonyl (C=O) groups is 2. The number of hydrogen-bond donors (Lipinski definition) is 3. The highest BCUT2D eigenvalue weighted by atomic mass is 16.4. The fraction of sp³-hybridized carbons (Fsp3) is 0.312. The number of carboxylic acids is 1. The Hall–Kier alpha value is -2.81. The molecule has 6 nitrogen and oxygen atoms in total. The van der Waals surface area contributed by atoms with Gasteiger partial charge in [-0.3, -0.25) is 9.59 Å². The second-order valence-electron chi connectivity index (χ2n) is 4.79. The van der Waals surface area contributed by atoms with Crippen LogP contribution >= 0.6 is 0 Å². The standard InChI is InChI=1S/C16H19N3O3/c1-3-11(2)13-6-4-5-7-14(13)18-9-12(8-17)16(22)19-10-15(20)21/h4-7,9,11,18H,3,10H2,1-2H3,(H,19,22)(H,20,21)/b12-9-. The SMILES string of the molecule is CCC(C)c1ccccc1N/C=C(/C#N)C(=O)NCC(=O)O. The Balaban J connectivity index is 2.87. The molecule has 0 aliphatic carbocycles. The van der Waals surface area contributed by atoms with Crippen molar-refractivity contribution in [2.45, 2.75) is 26.2 Å². The van der Waals surface area contributed by atoms with Gasteiger partial charge in [0.1, 0.15) is 18.2 Å². The molecule has 22 heavy (non-hydrogen) atoms. The summed E-state index contributed by atoms with van der Waals surface area (Å²) in [5, 5.41) is 22.6. The number of benzene rings is 1. The smallest absolute Gasteiger partial charge is 0.322 e. The first-order valence-electron chi connectivity index (χ1n) is 6.95. The Morgan fingerprint density at radius 3 is 2.68 bits per heavy atom. The van der Waals surface area contributed by atoms with E-state index in [1.54, 1.807) is 6.07 Å². The molecule has 1 amide bonds. The predicted molar refractivity (Wildman–Crippen MR) is 83.1 cm³/mol. The lowest BCUT2D eigenvalue weighted by atomic mass is 9.97. The van der Waals surface area contributed by atoms with E-state index in [2.05, 4.69) is 24.5 Å². The molecule has 0 spiro atoms. The van der Waals surface area contributed by atoms with Gasteiger partial charge in [0.2, 0.25) is 0 Å². The van der Waals surface area contributed by atoms with Crippen molar-refractivity contribution in [2.24, 2.45) is 0 Å². The normalized spacial score (nSPS) is 12.1. The van der Waals surface area contributed by atoms with Gasteiger partial charge in [0.05, 0.1) is 0 Å². The van der Waals surface area contributed by atoms with E-state index in [0.29, 0.717) is 5.92 Å². The van der Waals surface area contributed by atoms with Crippen LogP contribution in [0.4, 0.5) is 5.69 Å². The van der Waals surface area contributed by atoms with Crippen LogP contribution in [0, 0.1) is 11.3 Å². The van der Waals surface area contributed by atoms with Gasteiger partial charge in [-0.1, -0.05) is 32.0 Å². The topological polar surface area (TPSA) is 102 Å². The van der Waals surface area contributed by atoms with Gasteiger partial charge >= 0.3 is 5.97 Å². The summed E-state index contributed by atoms with van der Waals surface area (Å²) in [6.07, 6.45) is 2.25. The summed E-state index contributed by atoms with van der Waals surface area (Å²) in [6.45, 7) is 3.65. The Kier molecular flexibility index (Phi) is 6.64. The minimum absolute atomic E-state index is 0.180. The van der Waals surface area contributed by atoms with Crippen LogP contribution in [0.5, 0.6) is 0 Å². The Labute approximate surface area is 129 Å². The van der Waals surface area contributed by atoms with Crippen LogP contribution in [-0.4, -0.2) is 23.5 Å². The lowest BCUT2D eigenvalue weighted by Crippen LogP contribution is -2.30. The van der Waals surface area contributed by atoms with Crippen molar-refractivity contribution in [2.75, 3.05) is 11.9 Å². The van der Waals surface area contributed by atoms with E-state index in [9.17, 15) is 9.59 Å². The summed E-state index contributed by atoms with van der Waals surface area (Å²) in [7, 11) is 0. The summed E-state index contributed by atoms with van der Waals surface area (Å²) >= 11 is 0. The van der Waals surface area contributed by atoms with Crippen molar-refractivity contribution in [3.63, 3.8) is 0 Å². The number of carboxylic acid groups (broad SMARTS) is 1. The zero-order valence-electron chi connectivity index (χ0n) is 12.6. The van der Waals surface area contributed by atoms with E-state index in [1.165, 1.54) is 6.20 Å². The number of rotatable bonds is 7. The largest absolute Gasteiger partial charge is 0.480 e. The molecule has 1 unspecified atom stereocenters. The highest BCUT2D eigenvalue weighted by Crippen LogP contribution is 2.26. The second-order valence-corrected chi connectivity index (χ2v) is 4.79. The summed E-state index contributed by atoms with van der Waals surface area (Å²) in [5.74, 6) is -1.55. The third kappa shape index (κ3) is 4.94. The van der Waals surface area contributed by atoms with Gasteiger partial charge in [-0.15, -0.1) is 0 Å².